The van der Waals surface area contributed by atoms with Gasteiger partial charge < -0.3 is 20.9 Å². The first-order valence-corrected chi connectivity index (χ1v) is 8.04. The molecule has 1 saturated heterocycles. The number of carbonyl (C=O) groups is 1. The Labute approximate surface area is 135 Å². The molecule has 0 aromatic heterocycles. The second-order valence-electron chi connectivity index (χ2n) is 5.88. The molecule has 1 unspecified atom stereocenters. The lowest BCUT2D eigenvalue weighted by atomic mass is 10.3. The molecule has 4 N–H and O–H groups in total. The van der Waals surface area contributed by atoms with Crippen LogP contribution in [0.1, 0.15) is 12.8 Å². The van der Waals surface area contributed by atoms with Gasteiger partial charge in [0.15, 0.2) is 0 Å². The number of amidine groups is 1. The van der Waals surface area contributed by atoms with E-state index in [1.54, 1.807) is 11.2 Å². The average molecular weight is 315 g/mol. The Bertz CT molecular complexity index is 615. The van der Waals surface area contributed by atoms with Gasteiger partial charge in [0.1, 0.15) is 23.5 Å². The largest absolute Gasteiger partial charge is 0.365 e. The summed E-state index contributed by atoms with van der Waals surface area (Å²) in [5.74, 6) is 1.50. The van der Waals surface area contributed by atoms with Gasteiger partial charge in [-0.3, -0.25) is 10.1 Å². The summed E-state index contributed by atoms with van der Waals surface area (Å²) in [4.78, 5) is 14.8. The van der Waals surface area contributed by atoms with Crippen molar-refractivity contribution in [2.24, 2.45) is 5.10 Å². The first-order chi connectivity index (χ1) is 11.3. The predicted octanol–water partition coefficient (Wildman–Crippen LogP) is -0.854. The second-order valence-corrected chi connectivity index (χ2v) is 5.88. The monoisotopic (exact) mass is 315 g/mol. The van der Waals surface area contributed by atoms with Crippen LogP contribution < -0.4 is 21.3 Å². The zero-order valence-electron chi connectivity index (χ0n) is 12.9. The Balaban J connectivity index is 1.48. The van der Waals surface area contributed by atoms with E-state index in [4.69, 9.17) is 0 Å². The van der Waals surface area contributed by atoms with Crippen molar-refractivity contribution < 1.29 is 4.79 Å². The summed E-state index contributed by atoms with van der Waals surface area (Å²) >= 11 is 0. The summed E-state index contributed by atoms with van der Waals surface area (Å²) in [6.07, 6.45) is 10.0. The van der Waals surface area contributed by atoms with Crippen LogP contribution in [0.3, 0.4) is 0 Å². The summed E-state index contributed by atoms with van der Waals surface area (Å²) < 4.78 is 0. The first-order valence-electron chi connectivity index (χ1n) is 8.04. The van der Waals surface area contributed by atoms with E-state index in [0.29, 0.717) is 12.4 Å². The molecule has 4 aliphatic heterocycles. The van der Waals surface area contributed by atoms with Crippen LogP contribution in [0.15, 0.2) is 41.0 Å². The molecule has 0 radical (unpaired) electrons. The number of hydrazone groups is 1. The lowest BCUT2D eigenvalue weighted by Gasteiger charge is -2.29. The molecular formula is C15H21N7O. The number of nitrogens with one attached hydrogen (secondary N) is 4. The molecule has 4 heterocycles. The second kappa shape index (κ2) is 5.96. The third-order valence-electron chi connectivity index (χ3n) is 4.30. The minimum atomic E-state index is -0.166. The third kappa shape index (κ3) is 2.77. The fourth-order valence-corrected chi connectivity index (χ4v) is 3.07. The zero-order valence-corrected chi connectivity index (χ0v) is 12.9. The van der Waals surface area contributed by atoms with Crippen LogP contribution in [0, 0.1) is 0 Å². The van der Waals surface area contributed by atoms with Crippen molar-refractivity contribution in [2.75, 3.05) is 26.3 Å². The molecule has 8 nitrogen and oxygen atoms in total. The molecule has 0 aromatic carbocycles. The third-order valence-corrected chi connectivity index (χ3v) is 4.30. The first kappa shape index (κ1) is 14.1. The van der Waals surface area contributed by atoms with E-state index in [-0.39, 0.29) is 12.1 Å². The smallest absolute Gasteiger partial charge is 0.276 e. The van der Waals surface area contributed by atoms with Gasteiger partial charge in [0.2, 0.25) is 0 Å². The van der Waals surface area contributed by atoms with Crippen molar-refractivity contribution in [3.05, 3.63) is 35.9 Å². The summed E-state index contributed by atoms with van der Waals surface area (Å²) in [6, 6.07) is 0. The molecule has 0 aromatic rings. The maximum absolute atomic E-state index is 12.5. The van der Waals surface area contributed by atoms with Crippen LogP contribution in [0.4, 0.5) is 0 Å². The van der Waals surface area contributed by atoms with E-state index >= 15 is 0 Å². The maximum Gasteiger partial charge on any atom is 0.276 e. The predicted molar refractivity (Wildman–Crippen MR) is 86.5 cm³/mol. The highest BCUT2D eigenvalue weighted by molar-refractivity contribution is 5.97. The Hall–Kier alpha value is -2.48. The van der Waals surface area contributed by atoms with Crippen molar-refractivity contribution in [2.45, 2.75) is 19.0 Å². The number of amides is 1. The SMILES string of the molecule is O=C(NC1=CCNCN1)C1=CNC2C=CC(N3CCCC3)=NN12. The Kier molecular flexibility index (Phi) is 3.66. The zero-order chi connectivity index (χ0) is 15.6. The average Bonchev–Trinajstić information content (AvgIpc) is 3.25. The lowest BCUT2D eigenvalue weighted by molar-refractivity contribution is -0.118. The van der Waals surface area contributed by atoms with E-state index in [1.807, 2.05) is 18.2 Å². The highest BCUT2D eigenvalue weighted by Gasteiger charge is 2.32. The van der Waals surface area contributed by atoms with Crippen LogP contribution in [0.25, 0.3) is 0 Å². The molecule has 4 rings (SSSR count). The van der Waals surface area contributed by atoms with E-state index in [9.17, 15) is 4.79 Å². The van der Waals surface area contributed by atoms with Crippen LogP contribution in [-0.4, -0.2) is 54.1 Å². The highest BCUT2D eigenvalue weighted by Crippen LogP contribution is 2.22. The molecule has 122 valence electrons. The van der Waals surface area contributed by atoms with Gasteiger partial charge in [-0.05, 0) is 31.1 Å². The summed E-state index contributed by atoms with van der Waals surface area (Å²) in [7, 11) is 0. The minimum Gasteiger partial charge on any atom is -0.365 e. The topological polar surface area (TPSA) is 84.0 Å². The number of hydrogen-bond donors (Lipinski definition) is 4. The van der Waals surface area contributed by atoms with Gasteiger partial charge in [-0.1, -0.05) is 0 Å². The van der Waals surface area contributed by atoms with Gasteiger partial charge >= 0.3 is 0 Å². The fourth-order valence-electron chi connectivity index (χ4n) is 3.07. The molecular weight excluding hydrogens is 294 g/mol. The maximum atomic E-state index is 12.5. The summed E-state index contributed by atoms with van der Waals surface area (Å²) in [5, 5.41) is 18.7. The van der Waals surface area contributed by atoms with Gasteiger partial charge in [-0.15, -0.1) is 0 Å². The summed E-state index contributed by atoms with van der Waals surface area (Å²) in [5.41, 5.74) is 0.525. The number of likely N-dealkylation sites (tertiary alicyclic amines) is 1. The van der Waals surface area contributed by atoms with E-state index < -0.39 is 0 Å². The minimum absolute atomic E-state index is 0.0861. The Morgan fingerprint density at radius 2 is 2.22 bits per heavy atom. The number of carbonyl (C=O) groups excluding carboxylic acids is 1. The quantitative estimate of drug-likeness (QED) is 0.531. The molecule has 8 heteroatoms. The normalized spacial score (nSPS) is 25.9. The number of nitrogens with zero attached hydrogens (tertiary/aromatic N) is 3. The van der Waals surface area contributed by atoms with Crippen LogP contribution in [0.5, 0.6) is 0 Å². The van der Waals surface area contributed by atoms with Crippen LogP contribution >= 0.6 is 0 Å². The number of hydrogen-bond acceptors (Lipinski definition) is 7. The highest BCUT2D eigenvalue weighted by atomic mass is 16.2. The van der Waals surface area contributed by atoms with Gasteiger partial charge in [-0.2, -0.15) is 5.10 Å². The molecule has 0 bridgehead atoms. The number of fused-ring (bicyclic) bond motifs is 1. The molecule has 4 aliphatic rings. The van der Waals surface area contributed by atoms with Crippen LogP contribution in [0.2, 0.25) is 0 Å². The molecule has 1 atom stereocenters. The molecule has 0 spiro atoms. The standard InChI is InChI=1S/C15H21N7O/c23-15(19-12-5-6-16-10-18-12)11-9-17-13-3-4-14(20-22(11)13)21-7-1-2-8-21/h3-5,9,13,16-18H,1-2,6-8,10H2,(H,19,23). The molecule has 23 heavy (non-hydrogen) atoms. The van der Waals surface area contributed by atoms with Crippen molar-refractivity contribution in [1.82, 2.24) is 31.2 Å². The fraction of sp³-hybridized carbons (Fsp3) is 0.467. The van der Waals surface area contributed by atoms with Gasteiger partial charge in [0.05, 0.1) is 6.67 Å². The van der Waals surface area contributed by atoms with Crippen molar-refractivity contribution >= 4 is 11.7 Å². The van der Waals surface area contributed by atoms with E-state index in [2.05, 4.69) is 31.3 Å². The Morgan fingerprint density at radius 1 is 1.35 bits per heavy atom. The van der Waals surface area contributed by atoms with Crippen molar-refractivity contribution in [1.29, 1.82) is 0 Å². The van der Waals surface area contributed by atoms with Crippen molar-refractivity contribution in [3.8, 4) is 0 Å². The van der Waals surface area contributed by atoms with E-state index in [1.165, 1.54) is 12.8 Å². The molecule has 1 fully saturated rings. The molecule has 0 aliphatic carbocycles. The Morgan fingerprint density at radius 3 is 3.00 bits per heavy atom. The molecule has 0 saturated carbocycles. The van der Waals surface area contributed by atoms with Gasteiger partial charge in [0.25, 0.3) is 5.91 Å². The van der Waals surface area contributed by atoms with Crippen molar-refractivity contribution in [3.63, 3.8) is 0 Å². The molecule has 1 amide bonds. The van der Waals surface area contributed by atoms with Gasteiger partial charge in [-0.25, -0.2) is 5.01 Å². The van der Waals surface area contributed by atoms with E-state index in [0.717, 1.165) is 31.3 Å². The lowest BCUT2D eigenvalue weighted by Crippen LogP contribution is -2.44. The van der Waals surface area contributed by atoms with Crippen LogP contribution in [-0.2, 0) is 4.79 Å². The van der Waals surface area contributed by atoms with Gasteiger partial charge in [0, 0.05) is 25.8 Å². The number of rotatable bonds is 2. The summed E-state index contributed by atoms with van der Waals surface area (Å²) in [6.45, 7) is 3.45.